The average Bonchev–Trinajstić information content (AvgIpc) is 3.37. The lowest BCUT2D eigenvalue weighted by Crippen LogP contribution is -2.44. The molecule has 164 valence electrons. The van der Waals surface area contributed by atoms with Gasteiger partial charge in [0.25, 0.3) is 0 Å². The summed E-state index contributed by atoms with van der Waals surface area (Å²) in [6, 6.07) is 5.28. The van der Waals surface area contributed by atoms with Crippen molar-refractivity contribution in [1.29, 1.82) is 0 Å². The van der Waals surface area contributed by atoms with Crippen molar-refractivity contribution >= 4 is 6.03 Å². The van der Waals surface area contributed by atoms with Gasteiger partial charge in [0, 0.05) is 38.6 Å². The van der Waals surface area contributed by atoms with Gasteiger partial charge in [0.05, 0.1) is 18.2 Å². The molecule has 0 aliphatic carbocycles. The van der Waals surface area contributed by atoms with E-state index in [1.165, 1.54) is 12.1 Å². The molecule has 6 nitrogen and oxygen atoms in total. The number of amides is 2. The summed E-state index contributed by atoms with van der Waals surface area (Å²) in [6.45, 7) is 3.83. The molecular formula is C21H27F3N4O2. The molecule has 2 heterocycles. The predicted molar refractivity (Wildman–Crippen MR) is 106 cm³/mol. The molecule has 1 aliphatic rings. The zero-order valence-corrected chi connectivity index (χ0v) is 17.0. The van der Waals surface area contributed by atoms with Gasteiger partial charge in [-0.2, -0.15) is 13.2 Å². The van der Waals surface area contributed by atoms with E-state index in [-0.39, 0.29) is 30.8 Å². The number of alkyl halides is 3. The first kappa shape index (κ1) is 22.1. The third-order valence-corrected chi connectivity index (χ3v) is 5.06. The number of benzene rings is 1. The zero-order chi connectivity index (χ0) is 21.6. The smallest absolute Gasteiger partial charge is 0.376 e. The van der Waals surface area contributed by atoms with E-state index in [0.717, 1.165) is 25.3 Å². The number of aromatic nitrogens is 2. The fraction of sp³-hybridized carbons (Fsp3) is 0.524. The van der Waals surface area contributed by atoms with Gasteiger partial charge in [-0.15, -0.1) is 0 Å². The number of urea groups is 1. The second-order valence-electron chi connectivity index (χ2n) is 7.37. The number of carbonyl (C=O) groups is 1. The van der Waals surface area contributed by atoms with Crippen LogP contribution in [-0.4, -0.2) is 46.3 Å². The van der Waals surface area contributed by atoms with Gasteiger partial charge in [-0.3, -0.25) is 0 Å². The summed E-state index contributed by atoms with van der Waals surface area (Å²) in [7, 11) is 0. The Bertz CT molecular complexity index is 832. The quantitative estimate of drug-likeness (QED) is 0.696. The topological polar surface area (TPSA) is 59.4 Å². The summed E-state index contributed by atoms with van der Waals surface area (Å²) < 4.78 is 47.3. The van der Waals surface area contributed by atoms with E-state index in [9.17, 15) is 18.0 Å². The van der Waals surface area contributed by atoms with E-state index in [2.05, 4.69) is 10.3 Å². The maximum absolute atomic E-state index is 13.3. The van der Waals surface area contributed by atoms with Crippen molar-refractivity contribution in [1.82, 2.24) is 19.8 Å². The molecule has 2 aromatic rings. The number of halogens is 3. The molecule has 2 amide bonds. The van der Waals surface area contributed by atoms with Crippen LogP contribution in [0.2, 0.25) is 0 Å². The molecule has 1 aromatic heterocycles. The zero-order valence-electron chi connectivity index (χ0n) is 17.0. The van der Waals surface area contributed by atoms with Crippen LogP contribution < -0.4 is 5.32 Å². The van der Waals surface area contributed by atoms with Gasteiger partial charge >= 0.3 is 12.2 Å². The average molecular weight is 424 g/mol. The van der Waals surface area contributed by atoms with Crippen LogP contribution in [-0.2, 0) is 24.0 Å². The van der Waals surface area contributed by atoms with Crippen molar-refractivity contribution in [3.63, 3.8) is 0 Å². The van der Waals surface area contributed by atoms with Crippen molar-refractivity contribution in [2.24, 2.45) is 0 Å². The molecule has 1 aliphatic heterocycles. The molecule has 0 bridgehead atoms. The first-order valence-corrected chi connectivity index (χ1v) is 10.2. The first-order valence-electron chi connectivity index (χ1n) is 10.2. The molecule has 9 heteroatoms. The summed E-state index contributed by atoms with van der Waals surface area (Å²) in [5, 5.41) is 2.86. The van der Waals surface area contributed by atoms with E-state index in [0.29, 0.717) is 25.5 Å². The highest BCUT2D eigenvalue weighted by Crippen LogP contribution is 2.32. The second-order valence-corrected chi connectivity index (χ2v) is 7.37. The SMILES string of the molecule is CCCNC(=O)N(Cc1nccn1Cc1ccccc1C(F)(F)F)C[C@H]1CCCO1. The Morgan fingerprint density at radius 2 is 2.17 bits per heavy atom. The monoisotopic (exact) mass is 424 g/mol. The number of rotatable bonds is 8. The molecule has 1 saturated heterocycles. The number of hydrogen-bond donors (Lipinski definition) is 1. The van der Waals surface area contributed by atoms with Crippen molar-refractivity contribution in [3.05, 3.63) is 53.6 Å². The van der Waals surface area contributed by atoms with Gasteiger partial charge in [-0.1, -0.05) is 25.1 Å². The lowest BCUT2D eigenvalue weighted by atomic mass is 10.1. The van der Waals surface area contributed by atoms with Crippen molar-refractivity contribution in [3.8, 4) is 0 Å². The second kappa shape index (κ2) is 9.97. The van der Waals surface area contributed by atoms with Crippen LogP contribution in [0, 0.1) is 0 Å². The number of carbonyl (C=O) groups excluding carboxylic acids is 1. The third kappa shape index (κ3) is 5.75. The minimum atomic E-state index is -4.43. The van der Waals surface area contributed by atoms with Gasteiger partial charge < -0.3 is 19.5 Å². The molecule has 0 saturated carbocycles. The standard InChI is InChI=1S/C21H27F3N4O2/c1-2-9-26-20(29)28(14-17-7-5-12-30-17)15-19-25-10-11-27(19)13-16-6-3-4-8-18(16)21(22,23)24/h3-4,6,8,10-11,17H,2,5,7,9,12-15H2,1H3,(H,26,29)/t17-/m1/s1. The highest BCUT2D eigenvalue weighted by Gasteiger charge is 2.33. The lowest BCUT2D eigenvalue weighted by Gasteiger charge is -2.26. The summed E-state index contributed by atoms with van der Waals surface area (Å²) in [6.07, 6.45) is 1.36. The maximum atomic E-state index is 13.3. The summed E-state index contributed by atoms with van der Waals surface area (Å²) in [5.41, 5.74) is -0.507. The molecule has 30 heavy (non-hydrogen) atoms. The normalized spacial score (nSPS) is 16.6. The fourth-order valence-electron chi connectivity index (χ4n) is 3.52. The van der Waals surface area contributed by atoms with E-state index in [1.54, 1.807) is 27.9 Å². The van der Waals surface area contributed by atoms with Gasteiger partial charge in [-0.05, 0) is 30.9 Å². The minimum absolute atomic E-state index is 0.0232. The molecule has 0 radical (unpaired) electrons. The largest absolute Gasteiger partial charge is 0.416 e. The maximum Gasteiger partial charge on any atom is 0.416 e. The van der Waals surface area contributed by atoms with Crippen LogP contribution in [0.3, 0.4) is 0 Å². The van der Waals surface area contributed by atoms with Crippen molar-refractivity contribution < 1.29 is 22.7 Å². The summed E-state index contributed by atoms with van der Waals surface area (Å²) in [5.74, 6) is 0.525. The Morgan fingerprint density at radius 1 is 1.37 bits per heavy atom. The fourth-order valence-corrected chi connectivity index (χ4v) is 3.52. The number of nitrogens with zero attached hydrogens (tertiary/aromatic N) is 3. The van der Waals surface area contributed by atoms with Crippen LogP contribution in [0.25, 0.3) is 0 Å². The number of imidazole rings is 1. The van der Waals surface area contributed by atoms with Gasteiger partial charge in [0.1, 0.15) is 5.82 Å². The van der Waals surface area contributed by atoms with Crippen molar-refractivity contribution in [2.75, 3.05) is 19.7 Å². The number of nitrogens with one attached hydrogen (secondary N) is 1. The molecule has 1 N–H and O–H groups in total. The van der Waals surface area contributed by atoms with Crippen LogP contribution in [0.4, 0.5) is 18.0 Å². The third-order valence-electron chi connectivity index (χ3n) is 5.06. The Labute approximate surface area is 174 Å². The van der Waals surface area contributed by atoms with Crippen LogP contribution >= 0.6 is 0 Å². The first-order chi connectivity index (χ1) is 14.4. The van der Waals surface area contributed by atoms with E-state index >= 15 is 0 Å². The molecule has 3 rings (SSSR count). The molecule has 1 aromatic carbocycles. The van der Waals surface area contributed by atoms with Crippen LogP contribution in [0.5, 0.6) is 0 Å². The van der Waals surface area contributed by atoms with Crippen LogP contribution in [0.1, 0.15) is 43.1 Å². The summed E-state index contributed by atoms with van der Waals surface area (Å²) in [4.78, 5) is 18.6. The van der Waals surface area contributed by atoms with Crippen LogP contribution in [0.15, 0.2) is 36.7 Å². The minimum Gasteiger partial charge on any atom is -0.376 e. The predicted octanol–water partition coefficient (Wildman–Crippen LogP) is 4.05. The van der Waals surface area contributed by atoms with E-state index < -0.39 is 11.7 Å². The lowest BCUT2D eigenvalue weighted by molar-refractivity contribution is -0.138. The van der Waals surface area contributed by atoms with Crippen molar-refractivity contribution in [2.45, 2.75) is 51.6 Å². The molecule has 0 spiro atoms. The molecule has 1 atom stereocenters. The Morgan fingerprint density at radius 3 is 2.87 bits per heavy atom. The summed E-state index contributed by atoms with van der Waals surface area (Å²) >= 11 is 0. The van der Waals surface area contributed by atoms with E-state index in [1.807, 2.05) is 6.92 Å². The highest BCUT2D eigenvalue weighted by atomic mass is 19.4. The van der Waals surface area contributed by atoms with Gasteiger partial charge in [0.2, 0.25) is 0 Å². The Kier molecular flexibility index (Phi) is 7.36. The Balaban J connectivity index is 1.77. The van der Waals surface area contributed by atoms with Gasteiger partial charge in [0.15, 0.2) is 0 Å². The molecular weight excluding hydrogens is 397 g/mol. The number of ether oxygens (including phenoxy) is 1. The molecule has 0 unspecified atom stereocenters. The van der Waals surface area contributed by atoms with Gasteiger partial charge in [-0.25, -0.2) is 9.78 Å². The Hall–Kier alpha value is -2.55. The van der Waals surface area contributed by atoms with E-state index in [4.69, 9.17) is 4.74 Å². The molecule has 1 fully saturated rings. The highest BCUT2D eigenvalue weighted by molar-refractivity contribution is 5.74. The number of hydrogen-bond acceptors (Lipinski definition) is 3.